The molecule has 2 N–H and O–H groups in total. The van der Waals surface area contributed by atoms with Crippen molar-refractivity contribution in [2.45, 2.75) is 31.2 Å². The van der Waals surface area contributed by atoms with E-state index in [9.17, 15) is 13.2 Å². The Morgan fingerprint density at radius 2 is 1.81 bits per heavy atom. The second kappa shape index (κ2) is 8.82. The number of rotatable bonds is 8. The average molecular weight is 376 g/mol. The SMILES string of the molecule is COc1ccc(CCNS(=O)(=O)c2cccc(C(=O)NC(C)C)c2)cc1. The van der Waals surface area contributed by atoms with Crippen molar-refractivity contribution in [2.75, 3.05) is 13.7 Å². The van der Waals surface area contributed by atoms with Gasteiger partial charge in [0.05, 0.1) is 12.0 Å². The highest BCUT2D eigenvalue weighted by molar-refractivity contribution is 7.89. The first-order valence-corrected chi connectivity index (χ1v) is 9.83. The quantitative estimate of drug-likeness (QED) is 0.741. The first kappa shape index (κ1) is 19.9. The maximum Gasteiger partial charge on any atom is 0.251 e. The van der Waals surface area contributed by atoms with Crippen LogP contribution in [0.3, 0.4) is 0 Å². The molecule has 0 aliphatic rings. The lowest BCUT2D eigenvalue weighted by Crippen LogP contribution is -2.30. The predicted octanol–water partition coefficient (Wildman–Crippen LogP) is 2.35. The second-order valence-corrected chi connectivity index (χ2v) is 7.92. The molecule has 26 heavy (non-hydrogen) atoms. The highest BCUT2D eigenvalue weighted by Gasteiger charge is 2.16. The van der Waals surface area contributed by atoms with Gasteiger partial charge in [-0.15, -0.1) is 0 Å². The van der Waals surface area contributed by atoms with Gasteiger partial charge in [-0.05, 0) is 56.2 Å². The van der Waals surface area contributed by atoms with Crippen molar-refractivity contribution in [3.63, 3.8) is 0 Å². The summed E-state index contributed by atoms with van der Waals surface area (Å²) in [6.07, 6.45) is 0.552. The maximum absolute atomic E-state index is 12.5. The number of carbonyl (C=O) groups is 1. The van der Waals surface area contributed by atoms with Crippen LogP contribution in [0, 0.1) is 0 Å². The van der Waals surface area contributed by atoms with Crippen molar-refractivity contribution >= 4 is 15.9 Å². The Bertz CT molecular complexity index is 846. The van der Waals surface area contributed by atoms with Crippen molar-refractivity contribution < 1.29 is 17.9 Å². The van der Waals surface area contributed by atoms with Crippen LogP contribution >= 0.6 is 0 Å². The highest BCUT2D eigenvalue weighted by Crippen LogP contribution is 2.13. The van der Waals surface area contributed by atoms with E-state index in [4.69, 9.17) is 4.74 Å². The van der Waals surface area contributed by atoms with Gasteiger partial charge in [0.15, 0.2) is 0 Å². The predicted molar refractivity (Wildman–Crippen MR) is 101 cm³/mol. The third-order valence-electron chi connectivity index (χ3n) is 3.69. The summed E-state index contributed by atoms with van der Waals surface area (Å²) in [5.41, 5.74) is 1.32. The summed E-state index contributed by atoms with van der Waals surface area (Å²) < 4.78 is 32.6. The zero-order valence-corrected chi connectivity index (χ0v) is 16.0. The summed E-state index contributed by atoms with van der Waals surface area (Å²) in [5, 5.41) is 2.75. The molecule has 0 saturated carbocycles. The number of ether oxygens (including phenoxy) is 1. The van der Waals surface area contributed by atoms with Crippen LogP contribution in [0.1, 0.15) is 29.8 Å². The minimum absolute atomic E-state index is 0.0228. The van der Waals surface area contributed by atoms with E-state index in [1.54, 1.807) is 19.2 Å². The molecular weight excluding hydrogens is 352 g/mol. The molecule has 2 aromatic rings. The van der Waals surface area contributed by atoms with Crippen LogP contribution in [0.25, 0.3) is 0 Å². The number of benzene rings is 2. The summed E-state index contributed by atoms with van der Waals surface area (Å²) >= 11 is 0. The molecule has 0 spiro atoms. The van der Waals surface area contributed by atoms with Gasteiger partial charge in [-0.2, -0.15) is 0 Å². The third-order valence-corrected chi connectivity index (χ3v) is 5.15. The van der Waals surface area contributed by atoms with Gasteiger partial charge >= 0.3 is 0 Å². The standard InChI is InChI=1S/C19H24N2O4S/c1-14(2)21-19(22)16-5-4-6-18(13-16)26(23,24)20-12-11-15-7-9-17(25-3)10-8-15/h4-10,13-14,20H,11-12H2,1-3H3,(H,21,22). The number of amides is 1. The first-order chi connectivity index (χ1) is 12.3. The van der Waals surface area contributed by atoms with Gasteiger partial charge < -0.3 is 10.1 Å². The Labute approximate surface area is 154 Å². The lowest BCUT2D eigenvalue weighted by Gasteiger charge is -2.11. The van der Waals surface area contributed by atoms with E-state index in [1.165, 1.54) is 12.1 Å². The van der Waals surface area contributed by atoms with E-state index in [0.717, 1.165) is 11.3 Å². The van der Waals surface area contributed by atoms with Crippen LogP contribution < -0.4 is 14.8 Å². The first-order valence-electron chi connectivity index (χ1n) is 8.35. The molecule has 2 aromatic carbocycles. The molecule has 0 unspecified atom stereocenters. The highest BCUT2D eigenvalue weighted by atomic mass is 32.2. The zero-order chi connectivity index (χ0) is 19.2. The average Bonchev–Trinajstić information content (AvgIpc) is 2.62. The Morgan fingerprint density at radius 1 is 1.12 bits per heavy atom. The topological polar surface area (TPSA) is 84.5 Å². The fraction of sp³-hybridized carbons (Fsp3) is 0.316. The molecule has 0 radical (unpaired) electrons. The summed E-state index contributed by atoms with van der Waals surface area (Å²) in [7, 11) is -2.09. The molecule has 0 aromatic heterocycles. The van der Waals surface area contributed by atoms with Crippen LogP contribution in [0.4, 0.5) is 0 Å². The fourth-order valence-corrected chi connectivity index (χ4v) is 3.43. The lowest BCUT2D eigenvalue weighted by molar-refractivity contribution is 0.0943. The van der Waals surface area contributed by atoms with Gasteiger partial charge in [0, 0.05) is 18.2 Å². The van der Waals surface area contributed by atoms with Crippen molar-refractivity contribution in [2.24, 2.45) is 0 Å². The molecule has 0 aliphatic heterocycles. The van der Waals surface area contributed by atoms with Gasteiger partial charge in [0.25, 0.3) is 5.91 Å². The summed E-state index contributed by atoms with van der Waals surface area (Å²) in [6.45, 7) is 3.95. The zero-order valence-electron chi connectivity index (χ0n) is 15.2. The number of methoxy groups -OCH3 is 1. The van der Waals surface area contributed by atoms with Crippen molar-refractivity contribution in [1.82, 2.24) is 10.0 Å². The Morgan fingerprint density at radius 3 is 2.42 bits per heavy atom. The largest absolute Gasteiger partial charge is 0.497 e. The van der Waals surface area contributed by atoms with Crippen LogP contribution in [-0.4, -0.2) is 34.0 Å². The normalized spacial score (nSPS) is 11.4. The monoisotopic (exact) mass is 376 g/mol. The molecule has 1 amide bonds. The van der Waals surface area contributed by atoms with Gasteiger partial charge in [-0.1, -0.05) is 18.2 Å². The van der Waals surface area contributed by atoms with E-state index in [0.29, 0.717) is 12.0 Å². The van der Waals surface area contributed by atoms with E-state index < -0.39 is 10.0 Å². The third kappa shape index (κ3) is 5.57. The molecule has 0 atom stereocenters. The maximum atomic E-state index is 12.5. The van der Waals surface area contributed by atoms with E-state index in [-0.39, 0.29) is 23.4 Å². The number of nitrogens with one attached hydrogen (secondary N) is 2. The summed E-state index contributed by atoms with van der Waals surface area (Å²) in [6, 6.07) is 13.4. The van der Waals surface area contributed by atoms with E-state index >= 15 is 0 Å². The van der Waals surface area contributed by atoms with Crippen LogP contribution in [0.2, 0.25) is 0 Å². The molecule has 140 valence electrons. The Balaban J connectivity index is 2.01. The lowest BCUT2D eigenvalue weighted by atomic mass is 10.1. The van der Waals surface area contributed by atoms with Crippen LogP contribution in [-0.2, 0) is 16.4 Å². The molecule has 0 saturated heterocycles. The van der Waals surface area contributed by atoms with Gasteiger partial charge in [-0.3, -0.25) is 4.79 Å². The molecule has 0 heterocycles. The number of sulfonamides is 1. The van der Waals surface area contributed by atoms with Crippen molar-refractivity contribution in [3.8, 4) is 5.75 Å². The van der Waals surface area contributed by atoms with E-state index in [1.807, 2.05) is 38.1 Å². The molecule has 0 aliphatic carbocycles. The minimum Gasteiger partial charge on any atom is -0.497 e. The van der Waals surface area contributed by atoms with Gasteiger partial charge in [0.1, 0.15) is 5.75 Å². The van der Waals surface area contributed by atoms with Crippen molar-refractivity contribution in [3.05, 3.63) is 59.7 Å². The van der Waals surface area contributed by atoms with Crippen LogP contribution in [0.15, 0.2) is 53.4 Å². The van der Waals surface area contributed by atoms with Gasteiger partial charge in [-0.25, -0.2) is 13.1 Å². The number of hydrogen-bond acceptors (Lipinski definition) is 4. The molecule has 0 bridgehead atoms. The fourth-order valence-electron chi connectivity index (χ4n) is 2.36. The van der Waals surface area contributed by atoms with E-state index in [2.05, 4.69) is 10.0 Å². The Kier molecular flexibility index (Phi) is 6.76. The smallest absolute Gasteiger partial charge is 0.251 e. The van der Waals surface area contributed by atoms with Gasteiger partial charge in [0.2, 0.25) is 10.0 Å². The molecule has 0 fully saturated rings. The Hall–Kier alpha value is -2.38. The summed E-state index contributed by atoms with van der Waals surface area (Å²) in [5.74, 6) is 0.459. The number of hydrogen-bond donors (Lipinski definition) is 2. The number of carbonyl (C=O) groups excluding carboxylic acids is 1. The molecular formula is C19H24N2O4S. The summed E-state index contributed by atoms with van der Waals surface area (Å²) in [4.78, 5) is 12.1. The van der Waals surface area contributed by atoms with Crippen LogP contribution in [0.5, 0.6) is 5.75 Å². The molecule has 6 nitrogen and oxygen atoms in total. The van der Waals surface area contributed by atoms with Crippen molar-refractivity contribution in [1.29, 1.82) is 0 Å². The minimum atomic E-state index is -3.68. The molecule has 7 heteroatoms. The molecule has 2 rings (SSSR count). The second-order valence-electron chi connectivity index (χ2n) is 6.15.